The quantitative estimate of drug-likeness (QED) is 0.291. The minimum absolute atomic E-state index is 0.0963. The molecule has 0 fully saturated rings. The van der Waals surface area contributed by atoms with Crippen LogP contribution in [0.3, 0.4) is 0 Å². The maximum atomic E-state index is 13.7. The van der Waals surface area contributed by atoms with Gasteiger partial charge in [-0.25, -0.2) is 8.42 Å². The van der Waals surface area contributed by atoms with Crippen molar-refractivity contribution in [1.29, 1.82) is 0 Å². The smallest absolute Gasteiger partial charge is 0.243 e. The van der Waals surface area contributed by atoms with E-state index in [-0.39, 0.29) is 31.3 Å². The van der Waals surface area contributed by atoms with Gasteiger partial charge in [0.1, 0.15) is 6.04 Å². The number of nitrogens with one attached hydrogen (secondary N) is 1. The molecule has 3 rings (SSSR count). The summed E-state index contributed by atoms with van der Waals surface area (Å²) < 4.78 is 27.3. The molecule has 1 atom stereocenters. The van der Waals surface area contributed by atoms with Gasteiger partial charge in [-0.15, -0.1) is 0 Å². The zero-order valence-electron chi connectivity index (χ0n) is 22.6. The van der Waals surface area contributed by atoms with Crippen molar-refractivity contribution in [2.24, 2.45) is 0 Å². The number of amides is 2. The normalized spacial score (nSPS) is 12.0. The molecule has 2 amide bonds. The van der Waals surface area contributed by atoms with Crippen molar-refractivity contribution in [3.63, 3.8) is 0 Å². The highest BCUT2D eigenvalue weighted by Gasteiger charge is 2.30. The van der Waals surface area contributed by atoms with Crippen LogP contribution in [0.5, 0.6) is 0 Å². The first-order valence-electron chi connectivity index (χ1n) is 13.0. The van der Waals surface area contributed by atoms with Crippen LogP contribution in [0.25, 0.3) is 0 Å². The average Bonchev–Trinajstić information content (AvgIpc) is 2.90. The Kier molecular flexibility index (Phi) is 11.1. The summed E-state index contributed by atoms with van der Waals surface area (Å²) in [6.45, 7) is 4.65. The molecule has 1 unspecified atom stereocenters. The van der Waals surface area contributed by atoms with E-state index < -0.39 is 16.1 Å². The van der Waals surface area contributed by atoms with Crippen LogP contribution in [0.2, 0.25) is 0 Å². The molecule has 208 valence electrons. The zero-order chi connectivity index (χ0) is 28.4. The van der Waals surface area contributed by atoms with Gasteiger partial charge in [-0.2, -0.15) is 0 Å². The lowest BCUT2D eigenvalue weighted by Gasteiger charge is -2.32. The molecular weight excluding hydrogens is 578 g/mol. The second kappa shape index (κ2) is 14.3. The van der Waals surface area contributed by atoms with Crippen molar-refractivity contribution in [3.8, 4) is 0 Å². The number of benzene rings is 3. The molecule has 0 aromatic heterocycles. The van der Waals surface area contributed by atoms with Crippen LogP contribution in [0.4, 0.5) is 5.69 Å². The predicted octanol–water partition coefficient (Wildman–Crippen LogP) is 5.08. The Morgan fingerprint density at radius 2 is 1.56 bits per heavy atom. The number of sulfonamides is 1. The van der Waals surface area contributed by atoms with E-state index in [1.165, 1.54) is 10.6 Å². The summed E-state index contributed by atoms with van der Waals surface area (Å²) in [4.78, 5) is 28.6. The van der Waals surface area contributed by atoms with E-state index in [9.17, 15) is 18.0 Å². The molecule has 0 saturated carbocycles. The molecule has 1 N–H and O–H groups in total. The molecule has 0 heterocycles. The van der Waals surface area contributed by atoms with E-state index in [1.807, 2.05) is 80.6 Å². The SMILES string of the molecule is CCNC(=O)C(Cc1ccccc1)N(Cc1ccc(Br)cc1)C(=O)CCCN(c1ccc(C)cc1)S(C)(=O)=O. The maximum Gasteiger partial charge on any atom is 0.243 e. The number of carbonyl (C=O) groups excluding carboxylic acids is 2. The van der Waals surface area contributed by atoms with E-state index in [1.54, 1.807) is 17.0 Å². The van der Waals surface area contributed by atoms with Crippen molar-refractivity contribution >= 4 is 43.5 Å². The van der Waals surface area contributed by atoms with E-state index in [0.29, 0.717) is 25.1 Å². The van der Waals surface area contributed by atoms with Crippen LogP contribution < -0.4 is 9.62 Å². The van der Waals surface area contributed by atoms with Gasteiger partial charge < -0.3 is 10.2 Å². The molecule has 0 aliphatic heterocycles. The van der Waals surface area contributed by atoms with Crippen molar-refractivity contribution in [3.05, 3.63) is 100 Å². The number of rotatable bonds is 13. The maximum absolute atomic E-state index is 13.7. The van der Waals surface area contributed by atoms with Gasteiger partial charge in [-0.1, -0.05) is 76.1 Å². The summed E-state index contributed by atoms with van der Waals surface area (Å²) in [6, 6.07) is 23.8. The summed E-state index contributed by atoms with van der Waals surface area (Å²) in [5.41, 5.74) is 3.43. The molecular formula is C30H36BrN3O4S. The van der Waals surface area contributed by atoms with Crippen molar-refractivity contribution in [1.82, 2.24) is 10.2 Å². The zero-order valence-corrected chi connectivity index (χ0v) is 25.0. The van der Waals surface area contributed by atoms with Gasteiger partial charge in [0.2, 0.25) is 21.8 Å². The minimum Gasteiger partial charge on any atom is -0.355 e. The number of nitrogens with zero attached hydrogens (tertiary/aromatic N) is 2. The minimum atomic E-state index is -3.54. The van der Waals surface area contributed by atoms with E-state index in [4.69, 9.17) is 0 Å². The van der Waals surface area contributed by atoms with Gasteiger partial charge in [-0.3, -0.25) is 13.9 Å². The Morgan fingerprint density at radius 1 is 0.923 bits per heavy atom. The first-order valence-corrected chi connectivity index (χ1v) is 15.6. The monoisotopic (exact) mass is 613 g/mol. The Balaban J connectivity index is 1.85. The predicted molar refractivity (Wildman–Crippen MR) is 160 cm³/mol. The fraction of sp³-hybridized carbons (Fsp3) is 0.333. The van der Waals surface area contributed by atoms with E-state index in [2.05, 4.69) is 21.2 Å². The van der Waals surface area contributed by atoms with E-state index >= 15 is 0 Å². The molecule has 39 heavy (non-hydrogen) atoms. The first kappa shape index (κ1) is 30.4. The van der Waals surface area contributed by atoms with Crippen LogP contribution in [0.1, 0.15) is 36.5 Å². The van der Waals surface area contributed by atoms with Gasteiger partial charge >= 0.3 is 0 Å². The molecule has 0 saturated heterocycles. The third-order valence-corrected chi connectivity index (χ3v) is 8.09. The largest absolute Gasteiger partial charge is 0.355 e. The number of halogens is 1. The average molecular weight is 615 g/mol. The fourth-order valence-corrected chi connectivity index (χ4v) is 5.58. The molecule has 7 nitrogen and oxygen atoms in total. The molecule has 0 spiro atoms. The van der Waals surface area contributed by atoms with Crippen molar-refractivity contribution < 1.29 is 18.0 Å². The Hall–Kier alpha value is -3.17. The van der Waals surface area contributed by atoms with E-state index in [0.717, 1.165) is 21.2 Å². The summed E-state index contributed by atoms with van der Waals surface area (Å²) in [6.07, 6.45) is 1.94. The molecule has 3 aromatic rings. The van der Waals surface area contributed by atoms with Crippen LogP contribution >= 0.6 is 15.9 Å². The fourth-order valence-electron chi connectivity index (χ4n) is 4.35. The lowest BCUT2D eigenvalue weighted by atomic mass is 10.0. The standard InChI is InChI=1S/C30H36BrN3O4S/c1-4-32-30(36)28(21-24-9-6-5-7-10-24)33(22-25-14-16-26(31)17-15-25)29(35)11-8-20-34(39(3,37)38)27-18-12-23(2)13-19-27/h5-7,9-10,12-19,28H,4,8,11,20-22H2,1-3H3,(H,32,36). The van der Waals surface area contributed by atoms with Crippen LogP contribution in [0, 0.1) is 6.92 Å². The number of anilines is 1. The summed E-state index contributed by atoms with van der Waals surface area (Å²) in [5.74, 6) is -0.424. The van der Waals surface area contributed by atoms with Crippen LogP contribution in [0.15, 0.2) is 83.3 Å². The third-order valence-electron chi connectivity index (χ3n) is 6.36. The second-order valence-corrected chi connectivity index (χ2v) is 12.3. The molecule has 0 aliphatic carbocycles. The number of carbonyl (C=O) groups is 2. The molecule has 3 aromatic carbocycles. The Labute approximate surface area is 240 Å². The van der Waals surface area contributed by atoms with Gasteiger partial charge in [0, 0.05) is 36.9 Å². The molecule has 0 bridgehead atoms. The van der Waals surface area contributed by atoms with Gasteiger partial charge in [0.05, 0.1) is 11.9 Å². The Bertz CT molecular complexity index is 1330. The van der Waals surface area contributed by atoms with Crippen molar-refractivity contribution in [2.75, 3.05) is 23.7 Å². The Morgan fingerprint density at radius 3 is 2.15 bits per heavy atom. The molecule has 0 radical (unpaired) electrons. The highest BCUT2D eigenvalue weighted by molar-refractivity contribution is 9.10. The van der Waals surface area contributed by atoms with Crippen LogP contribution in [-0.4, -0.2) is 50.5 Å². The van der Waals surface area contributed by atoms with Gasteiger partial charge in [0.25, 0.3) is 0 Å². The number of hydrogen-bond acceptors (Lipinski definition) is 4. The highest BCUT2D eigenvalue weighted by Crippen LogP contribution is 2.21. The number of hydrogen-bond donors (Lipinski definition) is 1. The topological polar surface area (TPSA) is 86.8 Å². The molecule has 0 aliphatic rings. The highest BCUT2D eigenvalue weighted by atomic mass is 79.9. The van der Waals surface area contributed by atoms with Gasteiger partial charge in [0.15, 0.2) is 0 Å². The third kappa shape index (κ3) is 9.21. The molecule has 9 heteroatoms. The van der Waals surface area contributed by atoms with Crippen LogP contribution in [-0.2, 0) is 32.6 Å². The summed E-state index contributed by atoms with van der Waals surface area (Å²) >= 11 is 3.45. The summed E-state index contributed by atoms with van der Waals surface area (Å²) in [5, 5.41) is 2.89. The van der Waals surface area contributed by atoms with Gasteiger partial charge in [-0.05, 0) is 55.7 Å². The first-order chi connectivity index (χ1) is 18.6. The lowest BCUT2D eigenvalue weighted by Crippen LogP contribution is -2.50. The number of aryl methyl sites for hydroxylation is 1. The summed E-state index contributed by atoms with van der Waals surface area (Å²) in [7, 11) is -3.54. The lowest BCUT2D eigenvalue weighted by molar-refractivity contribution is -0.141. The number of likely N-dealkylation sites (N-methyl/N-ethyl adjacent to an activating group) is 1. The second-order valence-electron chi connectivity index (χ2n) is 9.52. The van der Waals surface area contributed by atoms with Crippen molar-refractivity contribution in [2.45, 2.75) is 45.7 Å².